The summed E-state index contributed by atoms with van der Waals surface area (Å²) in [4.78, 5) is 7.16. The minimum Gasteiger partial charge on any atom is -0.377 e. The Morgan fingerprint density at radius 3 is 2.90 bits per heavy atom. The Bertz CT molecular complexity index is 463. The van der Waals surface area contributed by atoms with Crippen molar-refractivity contribution >= 4 is 5.82 Å². The first kappa shape index (κ1) is 16.2. The molecule has 0 aliphatic carbocycles. The van der Waals surface area contributed by atoms with Crippen LogP contribution in [0.25, 0.3) is 0 Å². The maximum atomic E-state index is 5.67. The maximum absolute atomic E-state index is 5.67. The zero-order chi connectivity index (χ0) is 15.3. The van der Waals surface area contributed by atoms with Crippen LogP contribution in [-0.4, -0.2) is 37.3 Å². The number of hydrogen-bond acceptors (Lipinski definition) is 4. The Hall–Kier alpha value is -1.13. The van der Waals surface area contributed by atoms with Crippen LogP contribution in [0.3, 0.4) is 0 Å². The molecule has 4 nitrogen and oxygen atoms in total. The highest BCUT2D eigenvalue weighted by atomic mass is 16.5. The highest BCUT2D eigenvalue weighted by molar-refractivity contribution is 5.42. The molecule has 0 spiro atoms. The summed E-state index contributed by atoms with van der Waals surface area (Å²) >= 11 is 0. The average molecular weight is 291 g/mol. The number of pyridine rings is 1. The summed E-state index contributed by atoms with van der Waals surface area (Å²) in [6, 6.07) is 4.36. The first-order chi connectivity index (χ1) is 10.1. The van der Waals surface area contributed by atoms with E-state index in [0.29, 0.717) is 0 Å². The van der Waals surface area contributed by atoms with Crippen LogP contribution in [0.5, 0.6) is 0 Å². The van der Waals surface area contributed by atoms with Crippen molar-refractivity contribution in [3.8, 4) is 0 Å². The van der Waals surface area contributed by atoms with E-state index in [1.165, 1.54) is 5.56 Å². The lowest BCUT2D eigenvalue weighted by Gasteiger charge is -2.40. The van der Waals surface area contributed by atoms with E-state index in [1.54, 1.807) is 0 Å². The van der Waals surface area contributed by atoms with Crippen molar-refractivity contribution in [1.29, 1.82) is 0 Å². The summed E-state index contributed by atoms with van der Waals surface area (Å²) in [7, 11) is 1.81. The molecule has 0 radical (unpaired) electrons. The lowest BCUT2D eigenvalue weighted by molar-refractivity contribution is -0.00482. The lowest BCUT2D eigenvalue weighted by atomic mass is 9.95. The minimum atomic E-state index is -0.0464. The van der Waals surface area contributed by atoms with Crippen LogP contribution in [-0.2, 0) is 11.3 Å². The molecule has 1 atom stereocenters. The van der Waals surface area contributed by atoms with Crippen molar-refractivity contribution in [2.24, 2.45) is 0 Å². The van der Waals surface area contributed by atoms with E-state index in [1.807, 2.05) is 7.11 Å². The third-order valence-corrected chi connectivity index (χ3v) is 4.40. The molecule has 0 bridgehead atoms. The third kappa shape index (κ3) is 4.17. The van der Waals surface area contributed by atoms with E-state index in [0.717, 1.165) is 57.0 Å². The first-order valence-corrected chi connectivity index (χ1v) is 8.05. The van der Waals surface area contributed by atoms with Gasteiger partial charge in [0.15, 0.2) is 0 Å². The van der Waals surface area contributed by atoms with Crippen molar-refractivity contribution in [2.45, 2.75) is 52.2 Å². The van der Waals surface area contributed by atoms with Crippen LogP contribution < -0.4 is 10.2 Å². The molecule has 1 unspecified atom stereocenters. The summed E-state index contributed by atoms with van der Waals surface area (Å²) < 4.78 is 5.67. The molecule has 1 N–H and O–H groups in total. The van der Waals surface area contributed by atoms with E-state index < -0.39 is 0 Å². The largest absolute Gasteiger partial charge is 0.377 e. The van der Waals surface area contributed by atoms with Gasteiger partial charge in [0.25, 0.3) is 0 Å². The number of piperidine rings is 1. The van der Waals surface area contributed by atoms with E-state index >= 15 is 0 Å². The fraction of sp³-hybridized carbons (Fsp3) is 0.706. The van der Waals surface area contributed by atoms with E-state index in [2.05, 4.69) is 43.1 Å². The van der Waals surface area contributed by atoms with Crippen LogP contribution in [0, 0.1) is 6.92 Å². The lowest BCUT2D eigenvalue weighted by Crippen LogP contribution is -2.47. The molecule has 1 aliphatic heterocycles. The molecule has 2 rings (SSSR count). The Kier molecular flexibility index (Phi) is 5.59. The van der Waals surface area contributed by atoms with E-state index in [4.69, 9.17) is 9.72 Å². The molecule has 1 aliphatic rings. The highest BCUT2D eigenvalue weighted by Crippen LogP contribution is 2.27. The number of methoxy groups -OCH3 is 1. The fourth-order valence-electron chi connectivity index (χ4n) is 2.91. The molecule has 1 saturated heterocycles. The molecule has 1 aromatic rings. The molecule has 2 heterocycles. The van der Waals surface area contributed by atoms with Crippen molar-refractivity contribution < 1.29 is 4.74 Å². The van der Waals surface area contributed by atoms with Gasteiger partial charge >= 0.3 is 0 Å². The van der Waals surface area contributed by atoms with Crippen molar-refractivity contribution in [2.75, 3.05) is 31.6 Å². The summed E-state index contributed by atoms with van der Waals surface area (Å²) in [6.45, 7) is 10.4. The van der Waals surface area contributed by atoms with Crippen LogP contribution in [0.2, 0.25) is 0 Å². The molecule has 0 amide bonds. The highest BCUT2D eigenvalue weighted by Gasteiger charge is 2.31. The number of nitrogens with zero attached hydrogens (tertiary/aromatic N) is 2. The normalized spacial score (nSPS) is 22.6. The van der Waals surface area contributed by atoms with Gasteiger partial charge in [-0.3, -0.25) is 0 Å². The van der Waals surface area contributed by atoms with Gasteiger partial charge in [-0.15, -0.1) is 0 Å². The number of ether oxygens (including phenoxy) is 1. The van der Waals surface area contributed by atoms with Crippen LogP contribution >= 0.6 is 0 Å². The standard InChI is InChI=1S/C17H29N3O/c1-5-10-18-12-15-7-8-16(19-14(15)2)20-11-6-9-17(3,13-20)21-4/h7-8,18H,5-6,9-13H2,1-4H3. The predicted octanol–water partition coefficient (Wildman–Crippen LogP) is 2.89. The average Bonchev–Trinajstić information content (AvgIpc) is 2.49. The quantitative estimate of drug-likeness (QED) is 0.818. The van der Waals surface area contributed by atoms with Crippen LogP contribution in [0.4, 0.5) is 5.82 Å². The number of rotatable bonds is 6. The van der Waals surface area contributed by atoms with Gasteiger partial charge in [-0.1, -0.05) is 13.0 Å². The maximum Gasteiger partial charge on any atom is 0.128 e. The SMILES string of the molecule is CCCNCc1ccc(N2CCCC(C)(OC)C2)nc1C. The Balaban J connectivity index is 2.05. The zero-order valence-electron chi connectivity index (χ0n) is 13.9. The molecule has 1 aromatic heterocycles. The summed E-state index contributed by atoms with van der Waals surface area (Å²) in [5, 5.41) is 3.44. The van der Waals surface area contributed by atoms with E-state index in [9.17, 15) is 0 Å². The summed E-state index contributed by atoms with van der Waals surface area (Å²) in [5.74, 6) is 1.08. The molecule has 4 heteroatoms. The van der Waals surface area contributed by atoms with Gasteiger partial charge in [0, 0.05) is 32.4 Å². The number of nitrogens with one attached hydrogen (secondary N) is 1. The minimum absolute atomic E-state index is 0.0464. The molecule has 0 saturated carbocycles. The molecular weight excluding hydrogens is 262 g/mol. The second-order valence-corrected chi connectivity index (χ2v) is 6.27. The van der Waals surface area contributed by atoms with Crippen LogP contribution in [0.1, 0.15) is 44.4 Å². The Morgan fingerprint density at radius 2 is 2.24 bits per heavy atom. The summed E-state index contributed by atoms with van der Waals surface area (Å²) in [6.07, 6.45) is 3.44. The van der Waals surface area contributed by atoms with Gasteiger partial charge in [0.2, 0.25) is 0 Å². The molecular formula is C17H29N3O. The smallest absolute Gasteiger partial charge is 0.128 e. The van der Waals surface area contributed by atoms with Gasteiger partial charge in [-0.25, -0.2) is 4.98 Å². The van der Waals surface area contributed by atoms with Gasteiger partial charge in [-0.2, -0.15) is 0 Å². The Labute approximate surface area is 128 Å². The first-order valence-electron chi connectivity index (χ1n) is 8.05. The number of aromatic nitrogens is 1. The van der Waals surface area contributed by atoms with Gasteiger partial charge < -0.3 is 15.0 Å². The molecule has 21 heavy (non-hydrogen) atoms. The predicted molar refractivity (Wildman–Crippen MR) is 87.8 cm³/mol. The zero-order valence-corrected chi connectivity index (χ0v) is 13.9. The second kappa shape index (κ2) is 7.23. The number of anilines is 1. The summed E-state index contributed by atoms with van der Waals surface area (Å²) in [5.41, 5.74) is 2.37. The van der Waals surface area contributed by atoms with Crippen molar-refractivity contribution in [3.05, 3.63) is 23.4 Å². The molecule has 0 aromatic carbocycles. The van der Waals surface area contributed by atoms with E-state index in [-0.39, 0.29) is 5.60 Å². The van der Waals surface area contributed by atoms with Crippen LogP contribution in [0.15, 0.2) is 12.1 Å². The number of aryl methyl sites for hydroxylation is 1. The topological polar surface area (TPSA) is 37.4 Å². The monoisotopic (exact) mass is 291 g/mol. The van der Waals surface area contributed by atoms with Gasteiger partial charge in [-0.05, 0) is 51.3 Å². The van der Waals surface area contributed by atoms with Crippen molar-refractivity contribution in [1.82, 2.24) is 10.3 Å². The molecule has 1 fully saturated rings. The second-order valence-electron chi connectivity index (χ2n) is 6.27. The third-order valence-electron chi connectivity index (χ3n) is 4.40. The van der Waals surface area contributed by atoms with Gasteiger partial charge in [0.05, 0.1) is 5.60 Å². The number of hydrogen-bond donors (Lipinski definition) is 1. The van der Waals surface area contributed by atoms with Crippen molar-refractivity contribution in [3.63, 3.8) is 0 Å². The fourth-order valence-corrected chi connectivity index (χ4v) is 2.91. The van der Waals surface area contributed by atoms with Gasteiger partial charge in [0.1, 0.15) is 5.82 Å². The molecule has 118 valence electrons. The Morgan fingerprint density at radius 1 is 1.43 bits per heavy atom.